The summed E-state index contributed by atoms with van der Waals surface area (Å²) in [6.45, 7) is 4.16. The van der Waals surface area contributed by atoms with E-state index in [-0.39, 0.29) is 92.9 Å². The molecule has 0 spiro atoms. The number of benzene rings is 5. The van der Waals surface area contributed by atoms with Gasteiger partial charge in [0.05, 0.1) is 71.5 Å². The van der Waals surface area contributed by atoms with E-state index in [1.54, 1.807) is 0 Å². The quantitative estimate of drug-likeness (QED) is 0.0362. The van der Waals surface area contributed by atoms with Crippen molar-refractivity contribution < 1.29 is 78.8 Å². The summed E-state index contributed by atoms with van der Waals surface area (Å²) in [7, 11) is 0. The van der Waals surface area contributed by atoms with Crippen LogP contribution in [0, 0.1) is 19.5 Å². The van der Waals surface area contributed by atoms with Gasteiger partial charge in [0.2, 0.25) is 0 Å². The largest absolute Gasteiger partial charge is 0.490 e. The van der Waals surface area contributed by atoms with Crippen molar-refractivity contribution in [3.8, 4) is 11.5 Å². The Kier molecular flexibility index (Phi) is 15.8. The minimum atomic E-state index is -1.09. The first-order chi connectivity index (χ1) is 28.8. The Morgan fingerprint density at radius 1 is 0.678 bits per heavy atom. The summed E-state index contributed by atoms with van der Waals surface area (Å²) in [6.07, 6.45) is -1.92. The van der Waals surface area contributed by atoms with E-state index in [9.17, 15) is 15.0 Å². The third-order valence-electron chi connectivity index (χ3n) is 9.66. The normalized spacial score (nSPS) is 17.9. The fraction of sp³-hybridized carbons (Fsp3) is 0.413. The van der Waals surface area contributed by atoms with Crippen LogP contribution in [0.3, 0.4) is 0 Å². The molecule has 2 aliphatic heterocycles. The van der Waals surface area contributed by atoms with Crippen LogP contribution in [0.1, 0.15) is 5.56 Å². The number of halogens is 1. The number of fused-ring (bicyclic) bond motifs is 3. The lowest BCUT2D eigenvalue weighted by Crippen LogP contribution is -3.61. The number of epoxide rings is 2. The lowest BCUT2D eigenvalue weighted by atomic mass is 9.92. The van der Waals surface area contributed by atoms with E-state index >= 15 is 0 Å². The monoisotopic (exact) mass is 923 g/mol. The van der Waals surface area contributed by atoms with E-state index in [1.165, 1.54) is 12.7 Å². The second kappa shape index (κ2) is 21.6. The number of ether oxygens (including phenoxy) is 9. The molecule has 0 amide bonds. The van der Waals surface area contributed by atoms with Gasteiger partial charge in [-0.3, -0.25) is 0 Å². The van der Waals surface area contributed by atoms with E-state index < -0.39 is 23.6 Å². The van der Waals surface area contributed by atoms with Gasteiger partial charge < -0.3 is 52.8 Å². The average molecular weight is 924 g/mol. The van der Waals surface area contributed by atoms with Gasteiger partial charge in [-0.15, -0.1) is 0 Å². The molecule has 4 atom stereocenters. The van der Waals surface area contributed by atoms with Crippen LogP contribution in [0.5, 0.6) is 11.5 Å². The summed E-state index contributed by atoms with van der Waals surface area (Å²) in [5, 5.41) is 25.9. The fourth-order valence-corrected chi connectivity index (χ4v) is 8.48. The van der Waals surface area contributed by atoms with Gasteiger partial charge in [-0.1, -0.05) is 66.2 Å². The van der Waals surface area contributed by atoms with Gasteiger partial charge in [0, 0.05) is 5.39 Å². The Labute approximate surface area is 354 Å². The third kappa shape index (κ3) is 13.8. The minimum Gasteiger partial charge on any atom is -0.490 e. The smallest absolute Gasteiger partial charge is 0.357 e. The minimum absolute atomic E-state index is 0.00960. The van der Waals surface area contributed by atoms with Crippen molar-refractivity contribution in [3.05, 3.63) is 116 Å². The molecule has 0 saturated carbocycles. The number of hydrogen-bond acceptors (Lipinski definition) is 12. The molecule has 2 aliphatic rings. The summed E-state index contributed by atoms with van der Waals surface area (Å²) < 4.78 is 54.5. The molecule has 2 fully saturated rings. The number of aryl methyl sites for hydroxylation is 1. The lowest BCUT2D eigenvalue weighted by molar-refractivity contribution is -0.597. The number of hydrogen-bond donors (Lipinski definition) is 2. The third-order valence-corrected chi connectivity index (χ3v) is 12.3. The van der Waals surface area contributed by atoms with Crippen molar-refractivity contribution in [2.45, 2.75) is 31.3 Å². The molecule has 2 N–H and O–H groups in total. The van der Waals surface area contributed by atoms with Gasteiger partial charge in [-0.2, -0.15) is 0 Å². The van der Waals surface area contributed by atoms with Crippen molar-refractivity contribution in [1.82, 2.24) is 0 Å². The number of carbonyl (C=O) groups is 1. The summed E-state index contributed by atoms with van der Waals surface area (Å²) >= 11 is -0.311. The second-order valence-electron chi connectivity index (χ2n) is 15.0. The predicted octanol–water partition coefficient (Wildman–Crippen LogP) is 2.00. The fourth-order valence-electron chi connectivity index (χ4n) is 6.33. The zero-order chi connectivity index (χ0) is 40.9. The Balaban J connectivity index is 0.872. The molecule has 314 valence electrons. The first-order valence-corrected chi connectivity index (χ1v) is 22.0. The molecule has 4 unspecified atom stereocenters. The Morgan fingerprint density at radius 3 is 1.85 bits per heavy atom. The summed E-state index contributed by atoms with van der Waals surface area (Å²) in [5.41, 5.74) is 0.432. The van der Waals surface area contributed by atoms with Crippen LogP contribution in [0.2, 0.25) is 0 Å². The molecule has 13 heteroatoms. The van der Waals surface area contributed by atoms with E-state index in [4.69, 9.17) is 42.6 Å². The topological polar surface area (TPSA) is 147 Å². The number of esters is 1. The van der Waals surface area contributed by atoms with Gasteiger partial charge in [0.25, 0.3) is 0 Å². The van der Waals surface area contributed by atoms with Gasteiger partial charge >= 0.3 is 27.2 Å². The first kappa shape index (κ1) is 43.2. The Bertz CT molecular complexity index is 2050. The van der Waals surface area contributed by atoms with E-state index in [0.717, 1.165) is 21.5 Å². The Hall–Kier alpha value is -3.90. The highest BCUT2D eigenvalue weighted by atomic mass is 127. The number of aliphatic hydroxyl groups is 2. The van der Waals surface area contributed by atoms with Crippen LogP contribution in [0.15, 0.2) is 103 Å². The van der Waals surface area contributed by atoms with E-state index in [1.807, 2.05) is 66.7 Å². The molecular weight excluding hydrogens is 871 g/mol. The average Bonchev–Trinajstić information content (AvgIpc) is 4.20. The molecule has 2 heterocycles. The zero-order valence-electron chi connectivity index (χ0n) is 33.2. The maximum absolute atomic E-state index is 12.5. The van der Waals surface area contributed by atoms with Crippen LogP contribution in [-0.4, -0.2) is 126 Å². The molecule has 0 aliphatic carbocycles. The summed E-state index contributed by atoms with van der Waals surface area (Å²) in [4.78, 5) is 12.5. The SMILES string of the molecule is Cc1ccc([I+]c2ccc(OCC(=O)OCC(O)COCC(COCC(O)COc3cc4ccccc4c4ccccc34)(COCC3CO3)COCC3CO3)cc2)cc1. The number of carbonyl (C=O) groups excluding carboxylic acids is 1. The highest BCUT2D eigenvalue weighted by Crippen LogP contribution is 2.33. The van der Waals surface area contributed by atoms with Gasteiger partial charge in [-0.25, -0.2) is 4.79 Å². The van der Waals surface area contributed by atoms with E-state index in [0.29, 0.717) is 37.9 Å². The van der Waals surface area contributed by atoms with Crippen molar-refractivity contribution in [3.63, 3.8) is 0 Å². The number of rotatable bonds is 26. The van der Waals surface area contributed by atoms with Gasteiger partial charge in [-0.05, 0) is 65.5 Å². The number of aliphatic hydroxyl groups excluding tert-OH is 2. The standard InChI is InChI=1S/C46H52IO12/c1-32-10-12-34(13-11-32)47-35-14-16-38(17-15-35)57-27-45(50)59-22-37(49)20-52-29-46(30-53-23-39-25-55-39,31-54-24-40-26-56-40)28-51-19-36(48)21-58-44-18-33-6-2-3-7-41(33)42-8-4-5-9-43(42)44/h2-18,36-37,39-40,48-49H,19-31H2,1H3/q+1. The highest BCUT2D eigenvalue weighted by molar-refractivity contribution is 6.10. The van der Waals surface area contributed by atoms with Crippen LogP contribution in [-0.2, 0) is 38.0 Å². The predicted molar refractivity (Wildman–Crippen MR) is 216 cm³/mol. The van der Waals surface area contributed by atoms with Crippen LogP contribution in [0.4, 0.5) is 0 Å². The second-order valence-corrected chi connectivity index (χ2v) is 18.1. The molecule has 59 heavy (non-hydrogen) atoms. The van der Waals surface area contributed by atoms with Crippen LogP contribution in [0.25, 0.3) is 21.5 Å². The van der Waals surface area contributed by atoms with Crippen molar-refractivity contribution in [2.24, 2.45) is 5.41 Å². The molecule has 5 aromatic rings. The lowest BCUT2D eigenvalue weighted by Gasteiger charge is -2.33. The van der Waals surface area contributed by atoms with Gasteiger partial charge in [0.15, 0.2) is 13.7 Å². The van der Waals surface area contributed by atoms with Gasteiger partial charge in [0.1, 0.15) is 49.1 Å². The maximum atomic E-state index is 12.5. The molecule has 0 bridgehead atoms. The molecule has 5 aromatic carbocycles. The van der Waals surface area contributed by atoms with Crippen molar-refractivity contribution in [2.75, 3.05) is 85.9 Å². The molecule has 0 aromatic heterocycles. The first-order valence-electron chi connectivity index (χ1n) is 19.8. The van der Waals surface area contributed by atoms with Crippen molar-refractivity contribution in [1.29, 1.82) is 0 Å². The molecule has 12 nitrogen and oxygen atoms in total. The van der Waals surface area contributed by atoms with Crippen molar-refractivity contribution >= 4 is 27.5 Å². The molecule has 7 rings (SSSR count). The van der Waals surface area contributed by atoms with Crippen LogP contribution < -0.4 is 30.7 Å². The zero-order valence-corrected chi connectivity index (χ0v) is 35.3. The molecule has 2 saturated heterocycles. The highest BCUT2D eigenvalue weighted by Gasteiger charge is 2.36. The molecular formula is C46H52IO12+. The van der Waals surface area contributed by atoms with E-state index in [2.05, 4.69) is 43.3 Å². The summed E-state index contributed by atoms with van der Waals surface area (Å²) in [6, 6.07) is 34.5. The Morgan fingerprint density at radius 2 is 1.22 bits per heavy atom. The maximum Gasteiger partial charge on any atom is 0.357 e. The molecule has 0 radical (unpaired) electrons. The van der Waals surface area contributed by atoms with Crippen LogP contribution >= 0.6 is 0 Å². The summed E-state index contributed by atoms with van der Waals surface area (Å²) in [5.74, 6) is 0.640.